The number of aromatic nitrogens is 2. The Morgan fingerprint density at radius 3 is 2.59 bits per heavy atom. The summed E-state index contributed by atoms with van der Waals surface area (Å²) in [5.41, 5.74) is 0.0290. The molecule has 0 radical (unpaired) electrons. The Kier molecular flexibility index (Phi) is 6.09. The molecule has 0 aliphatic carbocycles. The zero-order valence-electron chi connectivity index (χ0n) is 14.9. The predicted octanol–water partition coefficient (Wildman–Crippen LogP) is 2.18. The molecule has 0 spiro atoms. The minimum atomic E-state index is -4.16. The molecule has 0 aliphatic heterocycles. The number of rotatable bonds is 6. The zero-order chi connectivity index (χ0) is 21.0. The summed E-state index contributed by atoms with van der Waals surface area (Å²) in [4.78, 5) is 23.9. The van der Waals surface area contributed by atoms with Gasteiger partial charge in [0.2, 0.25) is 15.7 Å². The lowest BCUT2D eigenvalue weighted by atomic mass is 10.2. The van der Waals surface area contributed by atoms with Crippen molar-refractivity contribution < 1.29 is 17.6 Å². The van der Waals surface area contributed by atoms with Gasteiger partial charge in [0.15, 0.2) is 5.03 Å². The van der Waals surface area contributed by atoms with E-state index >= 15 is 0 Å². The first kappa shape index (κ1) is 20.7. The van der Waals surface area contributed by atoms with Crippen molar-refractivity contribution in [3.8, 4) is 0 Å². The highest BCUT2D eigenvalue weighted by Gasteiger charge is 2.21. The van der Waals surface area contributed by atoms with E-state index in [0.717, 1.165) is 28.9 Å². The molecule has 1 amide bonds. The second kappa shape index (κ2) is 8.54. The maximum absolute atomic E-state index is 13.4. The Labute approximate surface area is 170 Å². The Hall–Kier alpha value is -3.04. The maximum atomic E-state index is 13.4. The van der Waals surface area contributed by atoms with Crippen LogP contribution in [0.3, 0.4) is 0 Å². The number of amides is 1. The van der Waals surface area contributed by atoms with Gasteiger partial charge in [-0.1, -0.05) is 35.9 Å². The van der Waals surface area contributed by atoms with Crippen LogP contribution in [-0.4, -0.2) is 24.1 Å². The van der Waals surface area contributed by atoms with Crippen LogP contribution < -0.4 is 10.9 Å². The van der Waals surface area contributed by atoms with Crippen molar-refractivity contribution in [2.24, 2.45) is 0 Å². The van der Waals surface area contributed by atoms with Gasteiger partial charge in [0.25, 0.3) is 5.56 Å². The summed E-state index contributed by atoms with van der Waals surface area (Å²) in [6.07, 6.45) is 0. The summed E-state index contributed by atoms with van der Waals surface area (Å²) in [6.45, 7) is -0.357. The highest BCUT2D eigenvalue weighted by Crippen LogP contribution is 2.18. The second-order valence-electron chi connectivity index (χ2n) is 6.00. The largest absolute Gasteiger partial charge is 0.350 e. The van der Waals surface area contributed by atoms with Crippen molar-refractivity contribution in [3.05, 3.63) is 87.4 Å². The van der Waals surface area contributed by atoms with E-state index in [4.69, 9.17) is 11.6 Å². The van der Waals surface area contributed by atoms with Crippen LogP contribution in [0, 0.1) is 5.82 Å². The van der Waals surface area contributed by atoms with Gasteiger partial charge in [-0.15, -0.1) is 0 Å². The van der Waals surface area contributed by atoms with Crippen LogP contribution in [0.5, 0.6) is 0 Å². The van der Waals surface area contributed by atoms with Crippen LogP contribution in [0.15, 0.2) is 75.4 Å². The number of carbonyl (C=O) groups excluding carboxylic acids is 1. The molecule has 1 heterocycles. The van der Waals surface area contributed by atoms with Gasteiger partial charge in [-0.25, -0.2) is 17.5 Å². The van der Waals surface area contributed by atoms with E-state index < -0.39 is 38.7 Å². The average molecular weight is 436 g/mol. The van der Waals surface area contributed by atoms with Crippen LogP contribution in [0.4, 0.5) is 4.39 Å². The molecule has 0 bridgehead atoms. The van der Waals surface area contributed by atoms with Crippen LogP contribution >= 0.6 is 11.6 Å². The third-order valence-electron chi connectivity index (χ3n) is 3.95. The van der Waals surface area contributed by atoms with E-state index in [2.05, 4.69) is 10.4 Å². The molecule has 1 aromatic heterocycles. The summed E-state index contributed by atoms with van der Waals surface area (Å²) in [6, 6.07) is 13.4. The number of nitrogens with one attached hydrogen (secondary N) is 1. The number of benzene rings is 2. The smallest absolute Gasteiger partial charge is 0.267 e. The normalized spacial score (nSPS) is 11.2. The van der Waals surface area contributed by atoms with E-state index in [9.17, 15) is 22.4 Å². The van der Waals surface area contributed by atoms with Gasteiger partial charge in [-0.05, 0) is 35.9 Å². The minimum absolute atomic E-state index is 0.133. The molecule has 0 fully saturated rings. The number of hydrogen-bond donors (Lipinski definition) is 1. The van der Waals surface area contributed by atoms with Crippen molar-refractivity contribution in [1.29, 1.82) is 0 Å². The summed E-state index contributed by atoms with van der Waals surface area (Å²) >= 11 is 6.02. The van der Waals surface area contributed by atoms with Gasteiger partial charge in [-0.3, -0.25) is 9.59 Å². The fraction of sp³-hybridized carbons (Fsp3) is 0.105. The Morgan fingerprint density at radius 2 is 1.86 bits per heavy atom. The molecule has 3 aromatic rings. The van der Waals surface area contributed by atoms with Gasteiger partial charge in [-0.2, -0.15) is 5.10 Å². The van der Waals surface area contributed by atoms with E-state index in [0.29, 0.717) is 10.6 Å². The number of halogens is 2. The van der Waals surface area contributed by atoms with Crippen LogP contribution in [-0.2, 0) is 27.7 Å². The lowest BCUT2D eigenvalue weighted by Crippen LogP contribution is -2.33. The van der Waals surface area contributed by atoms with Crippen LogP contribution in [0.25, 0.3) is 0 Å². The summed E-state index contributed by atoms with van der Waals surface area (Å²) in [5, 5.41) is 6.37. The number of hydrogen-bond acceptors (Lipinski definition) is 5. The molecular formula is C19H15ClFN3O4S. The Bertz CT molecular complexity index is 1230. The number of carbonyl (C=O) groups is 1. The highest BCUT2D eigenvalue weighted by atomic mass is 35.5. The van der Waals surface area contributed by atoms with Crippen molar-refractivity contribution in [3.63, 3.8) is 0 Å². The molecule has 0 unspecified atom stereocenters. The standard InChI is InChI=1S/C19H15ClFN3O4S/c20-16-7-2-1-4-13(16)11-22-17(25)12-24-19(26)9-8-18(23-24)29(27,28)15-6-3-5-14(21)10-15/h1-10H,11-12H2,(H,22,25). The zero-order valence-corrected chi connectivity index (χ0v) is 16.5. The van der Waals surface area contributed by atoms with Crippen LogP contribution in [0.2, 0.25) is 5.02 Å². The highest BCUT2D eigenvalue weighted by molar-refractivity contribution is 7.91. The summed E-state index contributed by atoms with van der Waals surface area (Å²) < 4.78 is 39.4. The van der Waals surface area contributed by atoms with Gasteiger partial charge in [0.1, 0.15) is 12.4 Å². The van der Waals surface area contributed by atoms with Gasteiger partial charge >= 0.3 is 0 Å². The molecule has 2 aromatic carbocycles. The number of nitrogens with zero attached hydrogens (tertiary/aromatic N) is 2. The average Bonchev–Trinajstić information content (AvgIpc) is 2.69. The fourth-order valence-electron chi connectivity index (χ4n) is 2.47. The molecule has 7 nitrogen and oxygen atoms in total. The Balaban J connectivity index is 1.79. The Morgan fingerprint density at radius 1 is 1.10 bits per heavy atom. The molecular weight excluding hydrogens is 421 g/mol. The third kappa shape index (κ3) is 4.87. The van der Waals surface area contributed by atoms with E-state index in [1.165, 1.54) is 12.1 Å². The lowest BCUT2D eigenvalue weighted by Gasteiger charge is -2.09. The molecule has 10 heteroatoms. The maximum Gasteiger partial charge on any atom is 0.267 e. The van der Waals surface area contributed by atoms with Crippen molar-refractivity contribution in [1.82, 2.24) is 15.1 Å². The quantitative estimate of drug-likeness (QED) is 0.640. The topological polar surface area (TPSA) is 98.1 Å². The molecule has 150 valence electrons. The minimum Gasteiger partial charge on any atom is -0.350 e. The van der Waals surface area contributed by atoms with Gasteiger partial charge in [0.05, 0.1) is 4.90 Å². The first-order chi connectivity index (χ1) is 13.8. The molecule has 0 saturated heterocycles. The van der Waals surface area contributed by atoms with Crippen LogP contribution in [0.1, 0.15) is 5.56 Å². The van der Waals surface area contributed by atoms with E-state index in [1.807, 2.05) is 0 Å². The number of sulfone groups is 1. The molecule has 3 rings (SSSR count). The van der Waals surface area contributed by atoms with E-state index in [1.54, 1.807) is 24.3 Å². The second-order valence-corrected chi connectivity index (χ2v) is 8.30. The first-order valence-electron chi connectivity index (χ1n) is 8.36. The van der Waals surface area contributed by atoms with E-state index in [-0.39, 0.29) is 11.4 Å². The molecule has 0 aliphatic rings. The summed E-state index contributed by atoms with van der Waals surface area (Å²) in [7, 11) is -4.16. The molecule has 29 heavy (non-hydrogen) atoms. The van der Waals surface area contributed by atoms with Gasteiger partial charge < -0.3 is 5.32 Å². The lowest BCUT2D eigenvalue weighted by molar-refractivity contribution is -0.122. The third-order valence-corrected chi connectivity index (χ3v) is 5.96. The monoisotopic (exact) mass is 435 g/mol. The first-order valence-corrected chi connectivity index (χ1v) is 10.2. The fourth-order valence-corrected chi connectivity index (χ4v) is 3.89. The molecule has 0 atom stereocenters. The molecule has 0 saturated carbocycles. The SMILES string of the molecule is O=C(Cn1nc(S(=O)(=O)c2cccc(F)c2)ccc1=O)NCc1ccccc1Cl. The van der Waals surface area contributed by atoms with Crippen molar-refractivity contribution in [2.45, 2.75) is 23.0 Å². The van der Waals surface area contributed by atoms with Crippen molar-refractivity contribution >= 4 is 27.3 Å². The summed E-state index contributed by atoms with van der Waals surface area (Å²) in [5.74, 6) is -1.28. The van der Waals surface area contributed by atoms with Gasteiger partial charge in [0, 0.05) is 17.6 Å². The molecule has 1 N–H and O–H groups in total. The van der Waals surface area contributed by atoms with Crippen molar-refractivity contribution in [2.75, 3.05) is 0 Å². The predicted molar refractivity (Wildman–Crippen MR) is 104 cm³/mol.